The minimum Gasteiger partial charge on any atom is -0.465 e. The summed E-state index contributed by atoms with van der Waals surface area (Å²) < 4.78 is 5.76. The van der Waals surface area contributed by atoms with Crippen LogP contribution < -0.4 is 5.32 Å². The van der Waals surface area contributed by atoms with Crippen molar-refractivity contribution in [1.29, 1.82) is 0 Å². The van der Waals surface area contributed by atoms with E-state index >= 15 is 0 Å². The molecule has 3 rings (SSSR count). The number of nitrogens with one attached hydrogen (secondary N) is 1. The number of ether oxygens (including phenoxy) is 1. The number of halogens is 1. The molecule has 1 N–H and O–H groups in total. The number of benzene rings is 2. The quantitative estimate of drug-likeness (QED) is 0.373. The molecule has 0 radical (unpaired) electrons. The lowest BCUT2D eigenvalue weighted by Crippen LogP contribution is -2.19. The van der Waals surface area contributed by atoms with Gasteiger partial charge >= 0.3 is 5.97 Å². The first-order valence-electron chi connectivity index (χ1n) is 8.02. The molecule has 1 aromatic heterocycles. The van der Waals surface area contributed by atoms with Gasteiger partial charge < -0.3 is 10.1 Å². The second kappa shape index (κ2) is 9.21. The van der Waals surface area contributed by atoms with Crippen LogP contribution in [0.25, 0.3) is 0 Å². The maximum atomic E-state index is 13.1. The standard InChI is InChI=1S/C20H16BrNO3S2/c1-25-20(24)16-11-12-26-19(16)22-18(23)17(13-5-3-2-4-6-13)27-15-9-7-14(21)8-10-15/h2-12,17H,1H3,(H,22,23). The van der Waals surface area contributed by atoms with Crippen LogP contribution in [0.15, 0.2) is 75.4 Å². The molecule has 2 aromatic carbocycles. The molecule has 7 heteroatoms. The number of thioether (sulfide) groups is 1. The van der Waals surface area contributed by atoms with Crippen LogP contribution in [0.1, 0.15) is 21.2 Å². The molecule has 0 fully saturated rings. The molecule has 138 valence electrons. The summed E-state index contributed by atoms with van der Waals surface area (Å²) in [7, 11) is 1.32. The Bertz CT molecular complexity index is 926. The first-order valence-corrected chi connectivity index (χ1v) is 10.6. The van der Waals surface area contributed by atoms with E-state index in [0.717, 1.165) is 14.9 Å². The molecule has 0 saturated heterocycles. The van der Waals surface area contributed by atoms with Gasteiger partial charge in [-0.3, -0.25) is 4.79 Å². The number of methoxy groups -OCH3 is 1. The molecule has 0 saturated carbocycles. The third-order valence-corrected chi connectivity index (χ3v) is 6.34. The summed E-state index contributed by atoms with van der Waals surface area (Å²) in [6.45, 7) is 0. The Balaban J connectivity index is 1.86. The summed E-state index contributed by atoms with van der Waals surface area (Å²) in [4.78, 5) is 25.9. The number of hydrogen-bond acceptors (Lipinski definition) is 5. The normalized spacial score (nSPS) is 11.6. The number of carbonyl (C=O) groups excluding carboxylic acids is 2. The minimum atomic E-state index is -0.469. The average Bonchev–Trinajstić information content (AvgIpc) is 3.15. The maximum Gasteiger partial charge on any atom is 0.340 e. The fraction of sp³-hybridized carbons (Fsp3) is 0.100. The smallest absolute Gasteiger partial charge is 0.340 e. The van der Waals surface area contributed by atoms with Crippen LogP contribution in [-0.4, -0.2) is 19.0 Å². The van der Waals surface area contributed by atoms with Crippen molar-refractivity contribution in [3.63, 3.8) is 0 Å². The molecule has 0 aliphatic heterocycles. The van der Waals surface area contributed by atoms with E-state index in [9.17, 15) is 9.59 Å². The van der Waals surface area contributed by atoms with E-state index in [1.165, 1.54) is 30.2 Å². The Morgan fingerprint density at radius 2 is 1.78 bits per heavy atom. The second-order valence-electron chi connectivity index (χ2n) is 5.51. The molecule has 0 spiro atoms. The van der Waals surface area contributed by atoms with Gasteiger partial charge in [0.2, 0.25) is 5.91 Å². The number of rotatable bonds is 6. The second-order valence-corrected chi connectivity index (χ2v) is 8.52. The van der Waals surface area contributed by atoms with Crippen molar-refractivity contribution in [3.8, 4) is 0 Å². The van der Waals surface area contributed by atoms with Crippen LogP contribution in [0.2, 0.25) is 0 Å². The van der Waals surface area contributed by atoms with Gasteiger partial charge in [-0.25, -0.2) is 4.79 Å². The summed E-state index contributed by atoms with van der Waals surface area (Å²) >= 11 is 6.17. The van der Waals surface area contributed by atoms with Crippen molar-refractivity contribution in [2.45, 2.75) is 10.1 Å². The van der Waals surface area contributed by atoms with Crippen molar-refractivity contribution < 1.29 is 14.3 Å². The monoisotopic (exact) mass is 461 g/mol. The van der Waals surface area contributed by atoms with Crippen LogP contribution in [-0.2, 0) is 9.53 Å². The number of amides is 1. The fourth-order valence-corrected chi connectivity index (χ4v) is 4.47. The van der Waals surface area contributed by atoms with Gasteiger partial charge in [-0.2, -0.15) is 0 Å². The molecule has 3 aromatic rings. The highest BCUT2D eigenvalue weighted by Gasteiger charge is 2.24. The van der Waals surface area contributed by atoms with Gasteiger partial charge in [-0.05, 0) is 41.3 Å². The predicted octanol–water partition coefficient (Wildman–Crippen LogP) is 5.77. The molecule has 1 unspecified atom stereocenters. The number of esters is 1. The molecule has 0 aliphatic rings. The van der Waals surface area contributed by atoms with Gasteiger partial charge in [0.05, 0.1) is 12.7 Å². The Labute approximate surface area is 174 Å². The van der Waals surface area contributed by atoms with Crippen LogP contribution in [0, 0.1) is 0 Å². The fourth-order valence-electron chi connectivity index (χ4n) is 2.40. The predicted molar refractivity (Wildman–Crippen MR) is 113 cm³/mol. The summed E-state index contributed by atoms with van der Waals surface area (Å²) in [6, 6.07) is 19.0. The van der Waals surface area contributed by atoms with Crippen molar-refractivity contribution >= 4 is 55.9 Å². The molecule has 4 nitrogen and oxygen atoms in total. The van der Waals surface area contributed by atoms with Crippen LogP contribution >= 0.6 is 39.0 Å². The van der Waals surface area contributed by atoms with Crippen molar-refractivity contribution in [2.24, 2.45) is 0 Å². The van der Waals surface area contributed by atoms with Crippen LogP contribution in [0.3, 0.4) is 0 Å². The first kappa shape index (κ1) is 19.7. The number of anilines is 1. The molecule has 0 bridgehead atoms. The molecule has 0 aliphatic carbocycles. The zero-order chi connectivity index (χ0) is 19.2. The molecular weight excluding hydrogens is 446 g/mol. The van der Waals surface area contributed by atoms with Gasteiger partial charge in [0.25, 0.3) is 0 Å². The SMILES string of the molecule is COC(=O)c1ccsc1NC(=O)C(Sc1ccc(Br)cc1)c1ccccc1. The van der Waals surface area contributed by atoms with E-state index in [4.69, 9.17) is 4.74 Å². The molecule has 1 heterocycles. The first-order chi connectivity index (χ1) is 13.1. The maximum absolute atomic E-state index is 13.1. The highest BCUT2D eigenvalue weighted by molar-refractivity contribution is 9.10. The van der Waals surface area contributed by atoms with Crippen LogP contribution in [0.4, 0.5) is 5.00 Å². The molecule has 1 atom stereocenters. The summed E-state index contributed by atoms with van der Waals surface area (Å²) in [5.74, 6) is -0.662. The van der Waals surface area contributed by atoms with Crippen molar-refractivity contribution in [1.82, 2.24) is 0 Å². The average molecular weight is 462 g/mol. The lowest BCUT2D eigenvalue weighted by Gasteiger charge is -2.17. The molecule has 27 heavy (non-hydrogen) atoms. The van der Waals surface area contributed by atoms with Crippen molar-refractivity contribution in [3.05, 3.63) is 81.6 Å². The van der Waals surface area contributed by atoms with Gasteiger partial charge in [0.15, 0.2) is 0 Å². The zero-order valence-corrected chi connectivity index (χ0v) is 17.6. The van der Waals surface area contributed by atoms with E-state index in [1.807, 2.05) is 54.6 Å². The van der Waals surface area contributed by atoms with Gasteiger partial charge in [-0.15, -0.1) is 23.1 Å². The lowest BCUT2D eigenvalue weighted by molar-refractivity contribution is -0.115. The van der Waals surface area contributed by atoms with E-state index in [2.05, 4.69) is 21.2 Å². The summed E-state index contributed by atoms with van der Waals surface area (Å²) in [5, 5.41) is 4.67. The Morgan fingerprint density at radius 3 is 2.44 bits per heavy atom. The number of thiophene rings is 1. The lowest BCUT2D eigenvalue weighted by atomic mass is 10.1. The highest BCUT2D eigenvalue weighted by Crippen LogP contribution is 2.37. The summed E-state index contributed by atoms with van der Waals surface area (Å²) in [5.41, 5.74) is 1.25. The third kappa shape index (κ3) is 5.00. The topological polar surface area (TPSA) is 55.4 Å². The van der Waals surface area contributed by atoms with E-state index < -0.39 is 11.2 Å². The zero-order valence-electron chi connectivity index (χ0n) is 14.3. The molecular formula is C20H16BrNO3S2. The number of hydrogen-bond donors (Lipinski definition) is 1. The van der Waals surface area contributed by atoms with Crippen molar-refractivity contribution in [2.75, 3.05) is 12.4 Å². The Hall–Kier alpha value is -2.09. The summed E-state index contributed by atoms with van der Waals surface area (Å²) in [6.07, 6.45) is 0. The van der Waals surface area contributed by atoms with Gasteiger partial charge in [-0.1, -0.05) is 46.3 Å². The van der Waals surface area contributed by atoms with Gasteiger partial charge in [0.1, 0.15) is 10.3 Å². The van der Waals surface area contributed by atoms with E-state index in [1.54, 1.807) is 11.4 Å². The number of carbonyl (C=O) groups is 2. The van der Waals surface area contributed by atoms with Crippen LogP contribution in [0.5, 0.6) is 0 Å². The highest BCUT2D eigenvalue weighted by atomic mass is 79.9. The van der Waals surface area contributed by atoms with E-state index in [0.29, 0.717) is 10.6 Å². The Morgan fingerprint density at radius 1 is 1.07 bits per heavy atom. The molecule has 1 amide bonds. The van der Waals surface area contributed by atoms with Gasteiger partial charge in [0, 0.05) is 9.37 Å². The largest absolute Gasteiger partial charge is 0.465 e. The Kier molecular flexibility index (Phi) is 6.71. The third-order valence-electron chi connectivity index (χ3n) is 3.72. The van der Waals surface area contributed by atoms with E-state index in [-0.39, 0.29) is 5.91 Å². The minimum absolute atomic E-state index is 0.193.